The van der Waals surface area contributed by atoms with E-state index in [1.807, 2.05) is 6.92 Å². The van der Waals surface area contributed by atoms with Gasteiger partial charge in [-0.25, -0.2) is 4.79 Å². The van der Waals surface area contributed by atoms with E-state index in [1.165, 1.54) is 6.07 Å². The van der Waals surface area contributed by atoms with Crippen molar-refractivity contribution < 1.29 is 27.4 Å². The average Bonchev–Trinajstić information content (AvgIpc) is 2.72. The van der Waals surface area contributed by atoms with Crippen molar-refractivity contribution in [3.8, 4) is 5.75 Å². The molecule has 1 unspecified atom stereocenters. The zero-order valence-electron chi connectivity index (χ0n) is 17.9. The third-order valence-corrected chi connectivity index (χ3v) is 6.18. The van der Waals surface area contributed by atoms with Gasteiger partial charge in [-0.3, -0.25) is 0 Å². The van der Waals surface area contributed by atoms with Gasteiger partial charge in [0.05, 0.1) is 18.8 Å². The smallest absolute Gasteiger partial charge is 0.405 e. The SMILES string of the molecule is CCNC(=O)N1CCC[C@H](N)C1CO[C@H]1CC[C@@H](c2ccccc2OC(F)(F)F)CC1. The van der Waals surface area contributed by atoms with Crippen molar-refractivity contribution in [2.45, 2.75) is 75.9 Å². The number of rotatable bonds is 6. The van der Waals surface area contributed by atoms with E-state index in [-0.39, 0.29) is 35.9 Å². The highest BCUT2D eigenvalue weighted by Crippen LogP contribution is 2.39. The molecule has 31 heavy (non-hydrogen) atoms. The van der Waals surface area contributed by atoms with Crippen LogP contribution in [0, 0.1) is 0 Å². The zero-order valence-corrected chi connectivity index (χ0v) is 17.9. The summed E-state index contributed by atoms with van der Waals surface area (Å²) in [4.78, 5) is 14.1. The van der Waals surface area contributed by atoms with E-state index in [4.69, 9.17) is 10.5 Å². The highest BCUT2D eigenvalue weighted by atomic mass is 19.4. The minimum atomic E-state index is -4.70. The third kappa shape index (κ3) is 6.49. The summed E-state index contributed by atoms with van der Waals surface area (Å²) in [5.41, 5.74) is 6.87. The largest absolute Gasteiger partial charge is 0.573 e. The Kier molecular flexibility index (Phi) is 8.05. The zero-order chi connectivity index (χ0) is 22.4. The predicted molar refractivity (Wildman–Crippen MR) is 111 cm³/mol. The van der Waals surface area contributed by atoms with Crippen molar-refractivity contribution in [2.24, 2.45) is 5.73 Å². The van der Waals surface area contributed by atoms with Crippen LogP contribution < -0.4 is 15.8 Å². The highest BCUT2D eigenvalue weighted by Gasteiger charge is 2.35. The first-order chi connectivity index (χ1) is 14.8. The number of amides is 2. The summed E-state index contributed by atoms with van der Waals surface area (Å²) in [5, 5.41) is 2.83. The predicted octanol–water partition coefficient (Wildman–Crippen LogP) is 4.15. The molecule has 0 radical (unpaired) electrons. The molecule has 2 fully saturated rings. The topological polar surface area (TPSA) is 76.8 Å². The van der Waals surface area contributed by atoms with E-state index in [1.54, 1.807) is 23.1 Å². The molecule has 1 saturated carbocycles. The number of alkyl halides is 3. The number of nitrogens with one attached hydrogen (secondary N) is 1. The van der Waals surface area contributed by atoms with Crippen LogP contribution in [0.1, 0.15) is 56.9 Å². The highest BCUT2D eigenvalue weighted by molar-refractivity contribution is 5.74. The molecule has 1 heterocycles. The molecule has 0 spiro atoms. The first-order valence-electron chi connectivity index (χ1n) is 11.0. The van der Waals surface area contributed by atoms with Gasteiger partial charge in [-0.15, -0.1) is 13.2 Å². The molecule has 3 rings (SSSR count). The molecule has 2 aliphatic rings. The number of nitrogens with zero attached hydrogens (tertiary/aromatic N) is 1. The number of halogens is 3. The van der Waals surface area contributed by atoms with E-state index in [2.05, 4.69) is 10.1 Å². The number of para-hydroxylation sites is 1. The number of hydrogen-bond donors (Lipinski definition) is 2. The minimum Gasteiger partial charge on any atom is -0.405 e. The van der Waals surface area contributed by atoms with E-state index in [9.17, 15) is 18.0 Å². The monoisotopic (exact) mass is 443 g/mol. The van der Waals surface area contributed by atoms with E-state index >= 15 is 0 Å². The van der Waals surface area contributed by atoms with Crippen LogP contribution in [0.2, 0.25) is 0 Å². The summed E-state index contributed by atoms with van der Waals surface area (Å²) in [5.74, 6) is -0.118. The van der Waals surface area contributed by atoms with Crippen molar-refractivity contribution in [1.82, 2.24) is 10.2 Å². The van der Waals surface area contributed by atoms with Gasteiger partial charge in [0.15, 0.2) is 0 Å². The fourth-order valence-corrected chi connectivity index (χ4v) is 4.62. The van der Waals surface area contributed by atoms with Crippen molar-refractivity contribution in [3.63, 3.8) is 0 Å². The van der Waals surface area contributed by atoms with E-state index < -0.39 is 6.36 Å². The third-order valence-electron chi connectivity index (χ3n) is 6.18. The Morgan fingerprint density at radius 2 is 1.90 bits per heavy atom. The van der Waals surface area contributed by atoms with Crippen molar-refractivity contribution in [3.05, 3.63) is 29.8 Å². The van der Waals surface area contributed by atoms with E-state index in [0.717, 1.165) is 38.5 Å². The van der Waals surface area contributed by atoms with Gasteiger partial charge in [-0.2, -0.15) is 0 Å². The van der Waals surface area contributed by atoms with Gasteiger partial charge in [-0.05, 0) is 63.0 Å². The number of ether oxygens (including phenoxy) is 2. The molecule has 1 saturated heterocycles. The van der Waals surface area contributed by atoms with Crippen LogP contribution in [0.4, 0.5) is 18.0 Å². The second-order valence-corrected chi connectivity index (χ2v) is 8.29. The van der Waals surface area contributed by atoms with Crippen LogP contribution in [0.25, 0.3) is 0 Å². The maximum Gasteiger partial charge on any atom is 0.573 e. The molecule has 1 aliphatic carbocycles. The van der Waals surface area contributed by atoms with Gasteiger partial charge in [0, 0.05) is 19.1 Å². The second kappa shape index (κ2) is 10.5. The Hall–Kier alpha value is -2.00. The summed E-state index contributed by atoms with van der Waals surface area (Å²) in [6.45, 7) is 3.48. The van der Waals surface area contributed by atoms with E-state index in [0.29, 0.717) is 25.3 Å². The summed E-state index contributed by atoms with van der Waals surface area (Å²) in [7, 11) is 0. The van der Waals surface area contributed by atoms with Crippen LogP contribution in [-0.4, -0.2) is 55.2 Å². The molecular weight excluding hydrogens is 411 g/mol. The summed E-state index contributed by atoms with van der Waals surface area (Å²) < 4.78 is 48.5. The van der Waals surface area contributed by atoms with Crippen LogP contribution in [0.3, 0.4) is 0 Å². The standard InChI is InChI=1S/C22H32F3N3O3/c1-2-27-21(29)28-13-5-7-18(26)19(28)14-30-16-11-9-15(10-12-16)17-6-3-4-8-20(17)31-22(23,24)25/h3-4,6,8,15-16,18-19H,2,5,7,9-14,26H2,1H3,(H,27,29)/t15-,16+,18-,19?/m0/s1. The molecule has 0 bridgehead atoms. The number of nitrogens with two attached hydrogens (primary N) is 1. The van der Waals surface area contributed by atoms with Gasteiger partial charge in [0.2, 0.25) is 0 Å². The Morgan fingerprint density at radius 3 is 2.58 bits per heavy atom. The number of benzene rings is 1. The molecule has 3 N–H and O–H groups in total. The number of carbonyl (C=O) groups is 1. The lowest BCUT2D eigenvalue weighted by Gasteiger charge is -2.40. The normalized spacial score (nSPS) is 27.1. The van der Waals surface area contributed by atoms with Gasteiger partial charge in [-0.1, -0.05) is 18.2 Å². The lowest BCUT2D eigenvalue weighted by Crippen LogP contribution is -2.58. The van der Waals surface area contributed by atoms with Crippen LogP contribution in [0.5, 0.6) is 5.75 Å². The average molecular weight is 444 g/mol. The minimum absolute atomic E-state index is 0.00201. The number of carbonyl (C=O) groups excluding carboxylic acids is 1. The molecule has 6 nitrogen and oxygen atoms in total. The van der Waals surface area contributed by atoms with Crippen LogP contribution >= 0.6 is 0 Å². The van der Waals surface area contributed by atoms with Gasteiger partial charge in [0.25, 0.3) is 0 Å². The first-order valence-corrected chi connectivity index (χ1v) is 11.0. The fourth-order valence-electron chi connectivity index (χ4n) is 4.62. The Labute approximate surface area is 181 Å². The maximum absolute atomic E-state index is 12.7. The molecule has 1 aromatic rings. The van der Waals surface area contributed by atoms with Crippen molar-refractivity contribution in [1.29, 1.82) is 0 Å². The Balaban J connectivity index is 1.54. The lowest BCUT2D eigenvalue weighted by molar-refractivity contribution is -0.275. The molecular formula is C22H32F3N3O3. The molecule has 2 amide bonds. The first kappa shape index (κ1) is 23.7. The Morgan fingerprint density at radius 1 is 1.19 bits per heavy atom. The molecule has 9 heteroatoms. The molecule has 1 aromatic carbocycles. The molecule has 2 atom stereocenters. The van der Waals surface area contributed by atoms with Gasteiger partial charge < -0.3 is 25.4 Å². The van der Waals surface area contributed by atoms with Crippen LogP contribution in [0.15, 0.2) is 24.3 Å². The summed E-state index contributed by atoms with van der Waals surface area (Å²) in [6, 6.07) is 5.95. The van der Waals surface area contributed by atoms with Gasteiger partial charge >= 0.3 is 12.4 Å². The molecule has 0 aromatic heterocycles. The Bertz CT molecular complexity index is 723. The van der Waals surface area contributed by atoms with Crippen LogP contribution in [-0.2, 0) is 4.74 Å². The number of piperidine rings is 1. The van der Waals surface area contributed by atoms with Crippen molar-refractivity contribution in [2.75, 3.05) is 19.7 Å². The second-order valence-electron chi connectivity index (χ2n) is 8.29. The molecule has 1 aliphatic heterocycles. The lowest BCUT2D eigenvalue weighted by atomic mass is 9.82. The maximum atomic E-state index is 12.7. The fraction of sp³-hybridized carbons (Fsp3) is 0.682. The summed E-state index contributed by atoms with van der Waals surface area (Å²) >= 11 is 0. The number of hydrogen-bond acceptors (Lipinski definition) is 4. The van der Waals surface area contributed by atoms with Gasteiger partial charge in [0.1, 0.15) is 5.75 Å². The number of urea groups is 1. The molecule has 174 valence electrons. The summed E-state index contributed by atoms with van der Waals surface area (Å²) in [6.07, 6.45) is -0.0317. The van der Waals surface area contributed by atoms with Crippen molar-refractivity contribution >= 4 is 6.03 Å². The number of likely N-dealkylation sites (tertiary alicyclic amines) is 1. The quantitative estimate of drug-likeness (QED) is 0.693.